The molecule has 1 aliphatic carbocycles. The first kappa shape index (κ1) is 20.4. The van der Waals surface area contributed by atoms with Crippen LogP contribution in [-0.4, -0.2) is 19.8 Å². The van der Waals surface area contributed by atoms with E-state index in [-0.39, 0.29) is 14.1 Å². The molecule has 3 aromatic rings. The number of carbonyl (C=O) groups excluding carboxylic acids is 1. The Labute approximate surface area is 189 Å². The number of fused-ring (bicyclic) bond motifs is 1. The zero-order valence-corrected chi connectivity index (χ0v) is 18.6. The molecule has 5 rings (SSSR count). The Hall–Kier alpha value is -3.47. The second-order valence-corrected chi connectivity index (χ2v) is 8.76. The molecule has 0 saturated heterocycles. The van der Waals surface area contributed by atoms with Gasteiger partial charge in [-0.05, 0) is 65.8 Å². The Morgan fingerprint density at radius 3 is 2.53 bits per heavy atom. The lowest BCUT2D eigenvalue weighted by atomic mass is 9.91. The highest BCUT2D eigenvalue weighted by Gasteiger charge is 2.51. The van der Waals surface area contributed by atoms with Crippen molar-refractivity contribution >= 4 is 11.6 Å². The van der Waals surface area contributed by atoms with Gasteiger partial charge in [0.1, 0.15) is 5.75 Å². The summed E-state index contributed by atoms with van der Waals surface area (Å²) in [6.45, 7) is 4.59. The fourth-order valence-corrected chi connectivity index (χ4v) is 4.46. The van der Waals surface area contributed by atoms with Gasteiger partial charge in [-0.3, -0.25) is 4.79 Å². The van der Waals surface area contributed by atoms with Gasteiger partial charge in [-0.1, -0.05) is 44.2 Å². The van der Waals surface area contributed by atoms with Crippen LogP contribution in [0.25, 0.3) is 11.1 Å². The highest BCUT2D eigenvalue weighted by Crippen LogP contribution is 2.51. The molecule has 0 radical (unpaired) electrons. The van der Waals surface area contributed by atoms with E-state index in [0.717, 1.165) is 46.7 Å². The summed E-state index contributed by atoms with van der Waals surface area (Å²) in [5, 5.41) is 3.15. The first-order chi connectivity index (χ1) is 15.5. The zero-order valence-electron chi connectivity index (χ0n) is 18.6. The van der Waals surface area contributed by atoms with Crippen molar-refractivity contribution < 1.29 is 20.4 Å². The zero-order chi connectivity index (χ0) is 22.3. The van der Waals surface area contributed by atoms with E-state index in [4.69, 9.17) is 14.2 Å². The summed E-state index contributed by atoms with van der Waals surface area (Å²) in [5.74, 6) is 2.60. The third-order valence-corrected chi connectivity index (χ3v) is 6.44. The minimum Gasteiger partial charge on any atom is -0.496 e. The molecule has 0 spiro atoms. The SMILES string of the molecule is COc1ccc(NC(=O)C2(c3ccc4c(c3)OCO4)CC2)cc1-c1ccccc1C(C)C.[HH]. The Kier molecular flexibility index (Phi) is 5.04. The van der Waals surface area contributed by atoms with Gasteiger partial charge in [-0.2, -0.15) is 0 Å². The molecule has 1 N–H and O–H groups in total. The molecular weight excluding hydrogens is 402 g/mol. The summed E-state index contributed by atoms with van der Waals surface area (Å²) in [6, 6.07) is 20.0. The summed E-state index contributed by atoms with van der Waals surface area (Å²) in [7, 11) is 1.67. The van der Waals surface area contributed by atoms with Crippen LogP contribution in [0, 0.1) is 0 Å². The van der Waals surface area contributed by atoms with Gasteiger partial charge < -0.3 is 19.5 Å². The van der Waals surface area contributed by atoms with Crippen molar-refractivity contribution in [3.05, 3.63) is 71.8 Å². The number of ether oxygens (including phenoxy) is 3. The largest absolute Gasteiger partial charge is 0.496 e. The van der Waals surface area contributed by atoms with Gasteiger partial charge >= 0.3 is 0 Å². The second kappa shape index (κ2) is 7.90. The highest BCUT2D eigenvalue weighted by atomic mass is 16.7. The second-order valence-electron chi connectivity index (χ2n) is 8.76. The molecule has 5 heteroatoms. The van der Waals surface area contributed by atoms with E-state index in [1.165, 1.54) is 5.56 Å². The quantitative estimate of drug-likeness (QED) is 0.510. The van der Waals surface area contributed by atoms with E-state index in [9.17, 15) is 4.79 Å². The highest BCUT2D eigenvalue weighted by molar-refractivity contribution is 6.02. The first-order valence-electron chi connectivity index (χ1n) is 11.0. The average molecular weight is 432 g/mol. The number of carbonyl (C=O) groups is 1. The lowest BCUT2D eigenvalue weighted by Gasteiger charge is -2.19. The van der Waals surface area contributed by atoms with E-state index in [1.807, 2.05) is 42.5 Å². The summed E-state index contributed by atoms with van der Waals surface area (Å²) in [5.41, 5.74) is 4.55. The van der Waals surface area contributed by atoms with E-state index in [0.29, 0.717) is 11.7 Å². The molecule has 2 aliphatic rings. The van der Waals surface area contributed by atoms with Crippen LogP contribution in [0.4, 0.5) is 5.69 Å². The van der Waals surface area contributed by atoms with Gasteiger partial charge in [-0.25, -0.2) is 0 Å². The summed E-state index contributed by atoms with van der Waals surface area (Å²) < 4.78 is 16.6. The molecule has 3 aromatic carbocycles. The minimum absolute atomic E-state index is 0. The maximum absolute atomic E-state index is 13.4. The van der Waals surface area contributed by atoms with Gasteiger partial charge in [0.2, 0.25) is 12.7 Å². The van der Waals surface area contributed by atoms with Crippen molar-refractivity contribution in [1.82, 2.24) is 0 Å². The lowest BCUT2D eigenvalue weighted by molar-refractivity contribution is -0.118. The third-order valence-electron chi connectivity index (χ3n) is 6.44. The average Bonchev–Trinajstić information content (AvgIpc) is 3.50. The maximum atomic E-state index is 13.4. The molecular formula is C27H29NO4. The van der Waals surface area contributed by atoms with Crippen LogP contribution in [0.15, 0.2) is 60.7 Å². The van der Waals surface area contributed by atoms with Gasteiger partial charge in [0, 0.05) is 12.7 Å². The summed E-state index contributed by atoms with van der Waals surface area (Å²) in [4.78, 5) is 13.4. The molecule has 1 fully saturated rings. The molecule has 0 unspecified atom stereocenters. The standard InChI is InChI=1S/C27H27NO4.H2/c1-17(2)20-6-4-5-7-21(20)22-15-19(9-11-23(22)30-3)28-26(29)27(12-13-27)18-8-10-24-25(14-18)32-16-31-24;/h4-11,14-15,17H,12-13,16H2,1-3H3,(H,28,29);1H. The topological polar surface area (TPSA) is 56.8 Å². The predicted molar refractivity (Wildman–Crippen MR) is 127 cm³/mol. The number of benzene rings is 3. The summed E-state index contributed by atoms with van der Waals surface area (Å²) in [6.07, 6.45) is 1.63. The number of anilines is 1. The van der Waals surface area contributed by atoms with Crippen molar-refractivity contribution in [3.63, 3.8) is 0 Å². The Morgan fingerprint density at radius 2 is 1.78 bits per heavy atom. The Balaban J connectivity index is 0.00000259. The molecule has 1 aliphatic heterocycles. The normalized spacial score (nSPS) is 15.5. The van der Waals surface area contributed by atoms with Crippen molar-refractivity contribution in [2.45, 2.75) is 38.0 Å². The van der Waals surface area contributed by atoms with Crippen molar-refractivity contribution in [2.24, 2.45) is 0 Å². The van der Waals surface area contributed by atoms with Crippen molar-refractivity contribution in [2.75, 3.05) is 19.2 Å². The number of methoxy groups -OCH3 is 1. The molecule has 32 heavy (non-hydrogen) atoms. The molecule has 1 saturated carbocycles. The molecule has 1 heterocycles. The Morgan fingerprint density at radius 1 is 1.00 bits per heavy atom. The molecule has 0 atom stereocenters. The molecule has 1 amide bonds. The molecule has 5 nitrogen and oxygen atoms in total. The van der Waals surface area contributed by atoms with Crippen LogP contribution in [0.5, 0.6) is 17.2 Å². The van der Waals surface area contributed by atoms with E-state index >= 15 is 0 Å². The number of hydrogen-bond donors (Lipinski definition) is 1. The Bertz CT molecular complexity index is 1190. The van der Waals surface area contributed by atoms with E-state index < -0.39 is 5.41 Å². The van der Waals surface area contributed by atoms with Gasteiger partial charge in [0.15, 0.2) is 11.5 Å². The predicted octanol–water partition coefficient (Wildman–Crippen LogP) is 6.13. The monoisotopic (exact) mass is 431 g/mol. The molecule has 166 valence electrons. The van der Waals surface area contributed by atoms with Crippen LogP contribution in [-0.2, 0) is 10.2 Å². The fourth-order valence-electron chi connectivity index (χ4n) is 4.46. The van der Waals surface area contributed by atoms with Crippen molar-refractivity contribution in [1.29, 1.82) is 0 Å². The van der Waals surface area contributed by atoms with Gasteiger partial charge in [0.05, 0.1) is 12.5 Å². The van der Waals surface area contributed by atoms with E-state index in [2.05, 4.69) is 37.4 Å². The third kappa shape index (κ3) is 3.48. The smallest absolute Gasteiger partial charge is 0.235 e. The van der Waals surface area contributed by atoms with Crippen LogP contribution >= 0.6 is 0 Å². The fraction of sp³-hybridized carbons (Fsp3) is 0.296. The number of hydrogen-bond acceptors (Lipinski definition) is 4. The molecule has 0 aromatic heterocycles. The number of nitrogens with one attached hydrogen (secondary N) is 1. The van der Waals surface area contributed by atoms with Crippen LogP contribution in [0.1, 0.15) is 45.2 Å². The van der Waals surface area contributed by atoms with Gasteiger partial charge in [-0.15, -0.1) is 0 Å². The number of amides is 1. The number of rotatable bonds is 6. The van der Waals surface area contributed by atoms with Crippen molar-refractivity contribution in [3.8, 4) is 28.4 Å². The molecule has 0 bridgehead atoms. The summed E-state index contributed by atoms with van der Waals surface area (Å²) >= 11 is 0. The van der Waals surface area contributed by atoms with E-state index in [1.54, 1.807) is 7.11 Å². The lowest BCUT2D eigenvalue weighted by Crippen LogP contribution is -2.27. The minimum atomic E-state index is -0.517. The van der Waals surface area contributed by atoms with Gasteiger partial charge in [0.25, 0.3) is 0 Å². The first-order valence-corrected chi connectivity index (χ1v) is 11.0. The van der Waals surface area contributed by atoms with Crippen LogP contribution in [0.3, 0.4) is 0 Å². The maximum Gasteiger partial charge on any atom is 0.235 e. The van der Waals surface area contributed by atoms with Crippen LogP contribution < -0.4 is 19.5 Å². The van der Waals surface area contributed by atoms with Crippen LogP contribution in [0.2, 0.25) is 0 Å².